The third-order valence-corrected chi connectivity index (χ3v) is 5.43. The molecule has 1 saturated carbocycles. The molecule has 140 valence electrons. The van der Waals surface area contributed by atoms with Crippen molar-refractivity contribution in [3.05, 3.63) is 11.9 Å². The summed E-state index contributed by atoms with van der Waals surface area (Å²) in [6.07, 6.45) is 7.45. The van der Waals surface area contributed by atoms with E-state index in [4.69, 9.17) is 4.74 Å². The average Bonchev–Trinajstić information content (AvgIpc) is 3.01. The molecule has 7 nitrogen and oxygen atoms in total. The minimum atomic E-state index is -0.315. The molecule has 1 aliphatic carbocycles. The number of aliphatic hydroxyl groups is 1. The van der Waals surface area contributed by atoms with E-state index in [0.717, 1.165) is 50.8 Å². The van der Waals surface area contributed by atoms with Crippen molar-refractivity contribution in [3.8, 4) is 0 Å². The van der Waals surface area contributed by atoms with Crippen LogP contribution in [0.25, 0.3) is 0 Å². The second kappa shape index (κ2) is 8.27. The molecule has 2 heterocycles. The molecule has 7 heteroatoms. The van der Waals surface area contributed by atoms with Gasteiger partial charge in [-0.3, -0.25) is 9.48 Å². The number of amides is 1. The summed E-state index contributed by atoms with van der Waals surface area (Å²) in [7, 11) is 0. The molecule has 0 bridgehead atoms. The Morgan fingerprint density at radius 3 is 2.80 bits per heavy atom. The molecule has 0 unspecified atom stereocenters. The van der Waals surface area contributed by atoms with Gasteiger partial charge in [0.1, 0.15) is 6.10 Å². The maximum absolute atomic E-state index is 12.1. The van der Waals surface area contributed by atoms with Crippen molar-refractivity contribution in [2.24, 2.45) is 5.92 Å². The van der Waals surface area contributed by atoms with Crippen molar-refractivity contribution in [1.29, 1.82) is 0 Å². The Kier molecular flexibility index (Phi) is 6.06. The molecule has 2 fully saturated rings. The van der Waals surface area contributed by atoms with Crippen LogP contribution in [-0.4, -0.2) is 50.9 Å². The van der Waals surface area contributed by atoms with E-state index in [2.05, 4.69) is 29.5 Å². The van der Waals surface area contributed by atoms with E-state index in [1.54, 1.807) is 0 Å². The molecule has 3 rings (SSSR count). The van der Waals surface area contributed by atoms with Gasteiger partial charge in [-0.25, -0.2) is 0 Å². The summed E-state index contributed by atoms with van der Waals surface area (Å²) in [5.74, 6) is 0.665. The van der Waals surface area contributed by atoms with Gasteiger partial charge in [-0.05, 0) is 38.0 Å². The van der Waals surface area contributed by atoms with Crippen LogP contribution in [0.3, 0.4) is 0 Å². The quantitative estimate of drug-likeness (QED) is 0.780. The van der Waals surface area contributed by atoms with Crippen LogP contribution >= 0.6 is 0 Å². The highest BCUT2D eigenvalue weighted by Gasteiger charge is 2.34. The van der Waals surface area contributed by atoms with E-state index < -0.39 is 0 Å². The molecule has 1 amide bonds. The lowest BCUT2D eigenvalue weighted by Gasteiger charge is -2.37. The predicted octanol–water partition coefficient (Wildman–Crippen LogP) is 1.62. The monoisotopic (exact) mass is 350 g/mol. The number of aliphatic hydroxyl groups excluding tert-OH is 1. The maximum Gasteiger partial charge on any atom is 0.223 e. The zero-order valence-corrected chi connectivity index (χ0v) is 15.2. The van der Waals surface area contributed by atoms with Crippen LogP contribution in [0.2, 0.25) is 0 Å². The minimum Gasteiger partial charge on any atom is -0.394 e. The first-order chi connectivity index (χ1) is 12.1. The zero-order chi connectivity index (χ0) is 17.8. The van der Waals surface area contributed by atoms with Crippen LogP contribution in [0.5, 0.6) is 0 Å². The first-order valence-corrected chi connectivity index (χ1v) is 9.53. The number of nitrogens with one attached hydrogen (secondary N) is 1. The van der Waals surface area contributed by atoms with Gasteiger partial charge in [0.25, 0.3) is 0 Å². The molecule has 2 N–H and O–H groups in total. The Morgan fingerprint density at radius 1 is 1.40 bits per heavy atom. The number of aromatic nitrogens is 3. The average molecular weight is 350 g/mol. The SMILES string of the molecule is CC(C)c1cn(CC[C@@H]2CC[C@H](NC(=O)C3CCC3)[C@@H](CO)O2)nn1. The molecule has 1 aliphatic heterocycles. The highest BCUT2D eigenvalue weighted by molar-refractivity contribution is 5.79. The fourth-order valence-electron chi connectivity index (χ4n) is 3.44. The number of aryl methyl sites for hydroxylation is 1. The van der Waals surface area contributed by atoms with Gasteiger partial charge in [-0.2, -0.15) is 0 Å². The van der Waals surface area contributed by atoms with Gasteiger partial charge in [-0.15, -0.1) is 5.10 Å². The van der Waals surface area contributed by atoms with E-state index in [9.17, 15) is 9.90 Å². The number of carbonyl (C=O) groups is 1. The summed E-state index contributed by atoms with van der Waals surface area (Å²) in [5.41, 5.74) is 0.997. The second-order valence-corrected chi connectivity index (χ2v) is 7.65. The summed E-state index contributed by atoms with van der Waals surface area (Å²) >= 11 is 0. The zero-order valence-electron chi connectivity index (χ0n) is 15.2. The smallest absolute Gasteiger partial charge is 0.223 e. The molecule has 25 heavy (non-hydrogen) atoms. The number of carbonyl (C=O) groups excluding carboxylic acids is 1. The second-order valence-electron chi connectivity index (χ2n) is 7.65. The number of hydrogen-bond donors (Lipinski definition) is 2. The first-order valence-electron chi connectivity index (χ1n) is 9.53. The Bertz CT molecular complexity index is 570. The molecule has 0 radical (unpaired) electrons. The van der Waals surface area contributed by atoms with E-state index in [0.29, 0.717) is 5.92 Å². The summed E-state index contributed by atoms with van der Waals surface area (Å²) in [4.78, 5) is 12.1. The molecule has 2 aliphatic rings. The molecule has 0 spiro atoms. The molecule has 1 aromatic heterocycles. The largest absolute Gasteiger partial charge is 0.394 e. The Hall–Kier alpha value is -1.47. The van der Waals surface area contributed by atoms with Gasteiger partial charge in [-0.1, -0.05) is 25.5 Å². The Labute approximate surface area is 149 Å². The molecule has 1 saturated heterocycles. The molecule has 3 atom stereocenters. The molecular formula is C18H30N4O3. The summed E-state index contributed by atoms with van der Waals surface area (Å²) in [5, 5.41) is 21.1. The maximum atomic E-state index is 12.1. The van der Waals surface area contributed by atoms with Crippen LogP contribution in [0.1, 0.15) is 64.0 Å². The van der Waals surface area contributed by atoms with E-state index in [1.807, 2.05) is 10.9 Å². The summed E-state index contributed by atoms with van der Waals surface area (Å²) < 4.78 is 7.89. The lowest BCUT2D eigenvalue weighted by molar-refractivity contribution is -0.134. The first kappa shape index (κ1) is 18.3. The van der Waals surface area contributed by atoms with Gasteiger partial charge < -0.3 is 15.2 Å². The van der Waals surface area contributed by atoms with Crippen LogP contribution in [0.15, 0.2) is 6.20 Å². The van der Waals surface area contributed by atoms with Gasteiger partial charge in [0.2, 0.25) is 5.91 Å². The number of rotatable bonds is 7. The van der Waals surface area contributed by atoms with Crippen molar-refractivity contribution in [3.63, 3.8) is 0 Å². The van der Waals surface area contributed by atoms with Crippen LogP contribution < -0.4 is 5.32 Å². The minimum absolute atomic E-state index is 0.0626. The number of ether oxygens (including phenoxy) is 1. The summed E-state index contributed by atoms with van der Waals surface area (Å²) in [6, 6.07) is -0.0757. The van der Waals surface area contributed by atoms with Crippen molar-refractivity contribution in [1.82, 2.24) is 20.3 Å². The number of hydrogen-bond acceptors (Lipinski definition) is 5. The highest BCUT2D eigenvalue weighted by atomic mass is 16.5. The van der Waals surface area contributed by atoms with Crippen LogP contribution in [-0.2, 0) is 16.1 Å². The van der Waals surface area contributed by atoms with Crippen molar-refractivity contribution >= 4 is 5.91 Å². The standard InChI is InChI=1S/C18H30N4O3/c1-12(2)16-10-22(21-20-16)9-8-14-6-7-15(17(11-23)25-14)19-18(24)13-4-3-5-13/h10,12-15,17,23H,3-9,11H2,1-2H3,(H,19,24)/t14-,15-,17+/m0/s1. The van der Waals surface area contributed by atoms with Crippen molar-refractivity contribution < 1.29 is 14.6 Å². The van der Waals surface area contributed by atoms with E-state index >= 15 is 0 Å². The third-order valence-electron chi connectivity index (χ3n) is 5.43. The molecular weight excluding hydrogens is 320 g/mol. The molecule has 0 aromatic carbocycles. The predicted molar refractivity (Wildman–Crippen MR) is 93.0 cm³/mol. The highest BCUT2D eigenvalue weighted by Crippen LogP contribution is 2.28. The lowest BCUT2D eigenvalue weighted by Crippen LogP contribution is -2.52. The molecule has 1 aromatic rings. The van der Waals surface area contributed by atoms with Gasteiger partial charge >= 0.3 is 0 Å². The summed E-state index contributed by atoms with van der Waals surface area (Å²) in [6.45, 7) is 4.89. The third kappa shape index (κ3) is 4.58. The van der Waals surface area contributed by atoms with Crippen LogP contribution in [0.4, 0.5) is 0 Å². The van der Waals surface area contributed by atoms with Crippen LogP contribution in [0, 0.1) is 5.92 Å². The lowest BCUT2D eigenvalue weighted by atomic mass is 9.84. The fraction of sp³-hybridized carbons (Fsp3) is 0.833. The van der Waals surface area contributed by atoms with E-state index in [-0.39, 0.29) is 36.7 Å². The number of nitrogens with zero attached hydrogens (tertiary/aromatic N) is 3. The Balaban J connectivity index is 1.46. The van der Waals surface area contributed by atoms with Crippen molar-refractivity contribution in [2.45, 2.75) is 83.1 Å². The van der Waals surface area contributed by atoms with Gasteiger partial charge in [0, 0.05) is 18.7 Å². The normalized spacial score (nSPS) is 27.3. The van der Waals surface area contributed by atoms with E-state index in [1.165, 1.54) is 0 Å². The van der Waals surface area contributed by atoms with Gasteiger partial charge in [0.05, 0.1) is 24.4 Å². The van der Waals surface area contributed by atoms with Gasteiger partial charge in [0.15, 0.2) is 0 Å². The van der Waals surface area contributed by atoms with Crippen molar-refractivity contribution in [2.75, 3.05) is 6.61 Å². The fourth-order valence-corrected chi connectivity index (χ4v) is 3.44. The Morgan fingerprint density at radius 2 is 2.20 bits per heavy atom. The topological polar surface area (TPSA) is 89.3 Å².